The zero-order valence-corrected chi connectivity index (χ0v) is 12.1. The van der Waals surface area contributed by atoms with Crippen LogP contribution in [0, 0.1) is 11.6 Å². The number of benzene rings is 1. The van der Waals surface area contributed by atoms with E-state index < -0.39 is 23.7 Å². The quantitative estimate of drug-likeness (QED) is 0.650. The predicted octanol–water partition coefficient (Wildman–Crippen LogP) is 3.52. The van der Waals surface area contributed by atoms with Crippen LogP contribution in [0.3, 0.4) is 0 Å². The summed E-state index contributed by atoms with van der Waals surface area (Å²) in [5, 5.41) is 9.66. The van der Waals surface area contributed by atoms with Gasteiger partial charge in [-0.2, -0.15) is 5.06 Å². The normalized spacial score (nSPS) is 12.3. The maximum Gasteiger partial charge on any atom is 0.339 e. The molecule has 2 aromatic rings. The molecule has 23 heavy (non-hydrogen) atoms. The number of nitrogens with zero attached hydrogens (tertiary/aromatic N) is 1. The third-order valence-electron chi connectivity index (χ3n) is 2.86. The summed E-state index contributed by atoms with van der Waals surface area (Å²) in [4.78, 5) is 10.8. The fourth-order valence-electron chi connectivity index (χ4n) is 1.66. The lowest BCUT2D eigenvalue weighted by Gasteiger charge is -2.16. The SMILES string of the molecule is CC(C=Cc1ccc(Oc2ccc(F)cc2F)o1)N(O)C(N)=O. The molecule has 0 bridgehead atoms. The lowest BCUT2D eigenvalue weighted by Crippen LogP contribution is -2.38. The molecule has 2 amide bonds. The molecule has 122 valence electrons. The Bertz CT molecular complexity index is 730. The average molecular weight is 324 g/mol. The zero-order chi connectivity index (χ0) is 17.0. The van der Waals surface area contributed by atoms with Crippen LogP contribution in [-0.4, -0.2) is 22.3 Å². The molecule has 1 aromatic carbocycles. The first-order valence-corrected chi connectivity index (χ1v) is 6.55. The highest BCUT2D eigenvalue weighted by Gasteiger charge is 2.12. The van der Waals surface area contributed by atoms with Gasteiger partial charge in [0.2, 0.25) is 0 Å². The Morgan fingerprint density at radius 2 is 2.13 bits per heavy atom. The molecule has 3 N–H and O–H groups in total. The standard InChI is InChI=1S/C15H14F2N2O4/c1-9(19(21)15(18)20)2-4-11-5-7-14(22-11)23-13-6-3-10(16)8-12(13)17/h2-9,21H,1H3,(H2,18,20). The highest BCUT2D eigenvalue weighted by Crippen LogP contribution is 2.27. The molecule has 0 aliphatic heterocycles. The fraction of sp³-hybridized carbons (Fsp3) is 0.133. The number of hydrogen-bond acceptors (Lipinski definition) is 4. The van der Waals surface area contributed by atoms with Crippen molar-refractivity contribution in [3.05, 3.63) is 53.8 Å². The van der Waals surface area contributed by atoms with Crippen LogP contribution in [0.15, 0.2) is 40.8 Å². The first-order chi connectivity index (χ1) is 10.9. The Morgan fingerprint density at radius 3 is 2.78 bits per heavy atom. The average Bonchev–Trinajstić information content (AvgIpc) is 2.94. The summed E-state index contributed by atoms with van der Waals surface area (Å²) in [7, 11) is 0. The minimum atomic E-state index is -0.989. The van der Waals surface area contributed by atoms with Gasteiger partial charge in [-0.15, -0.1) is 0 Å². The number of amides is 2. The molecule has 6 nitrogen and oxygen atoms in total. The van der Waals surface area contributed by atoms with E-state index in [1.54, 1.807) is 0 Å². The Morgan fingerprint density at radius 1 is 1.39 bits per heavy atom. The van der Waals surface area contributed by atoms with E-state index in [1.165, 1.54) is 31.2 Å². The highest BCUT2D eigenvalue weighted by molar-refractivity contribution is 5.71. The van der Waals surface area contributed by atoms with E-state index in [0.717, 1.165) is 12.1 Å². The number of carbonyl (C=O) groups is 1. The van der Waals surface area contributed by atoms with E-state index in [-0.39, 0.29) is 11.7 Å². The lowest BCUT2D eigenvalue weighted by molar-refractivity contribution is -0.0560. The number of ether oxygens (including phenoxy) is 1. The Hall–Kier alpha value is -2.87. The molecular weight excluding hydrogens is 310 g/mol. The van der Waals surface area contributed by atoms with Gasteiger partial charge in [-0.25, -0.2) is 13.6 Å². The lowest BCUT2D eigenvalue weighted by atomic mass is 10.3. The molecule has 1 heterocycles. The van der Waals surface area contributed by atoms with Crippen LogP contribution in [0.4, 0.5) is 13.6 Å². The molecule has 0 saturated carbocycles. The molecule has 1 aromatic heterocycles. The van der Waals surface area contributed by atoms with Gasteiger partial charge >= 0.3 is 6.03 Å². The van der Waals surface area contributed by atoms with E-state index in [4.69, 9.17) is 14.9 Å². The summed E-state index contributed by atoms with van der Waals surface area (Å²) in [5.74, 6) is -1.41. The van der Waals surface area contributed by atoms with E-state index in [0.29, 0.717) is 16.9 Å². The summed E-state index contributed by atoms with van der Waals surface area (Å²) in [6.07, 6.45) is 2.94. The predicted molar refractivity (Wildman–Crippen MR) is 76.8 cm³/mol. The van der Waals surface area contributed by atoms with E-state index >= 15 is 0 Å². The second kappa shape index (κ2) is 6.93. The van der Waals surface area contributed by atoms with Crippen molar-refractivity contribution in [2.24, 2.45) is 5.73 Å². The number of primary amides is 1. The number of hydroxylamine groups is 2. The van der Waals surface area contributed by atoms with E-state index in [9.17, 15) is 18.8 Å². The molecule has 0 radical (unpaired) electrons. The minimum absolute atomic E-state index is 0.00133. The molecule has 8 heteroatoms. The second-order valence-corrected chi connectivity index (χ2v) is 4.62. The maximum absolute atomic E-state index is 13.5. The summed E-state index contributed by atoms with van der Waals surface area (Å²) in [5.41, 5.74) is 4.92. The van der Waals surface area contributed by atoms with Crippen LogP contribution >= 0.6 is 0 Å². The second-order valence-electron chi connectivity index (χ2n) is 4.62. The van der Waals surface area contributed by atoms with Gasteiger partial charge in [-0.3, -0.25) is 5.21 Å². The third kappa shape index (κ3) is 4.30. The van der Waals surface area contributed by atoms with Crippen molar-refractivity contribution in [2.75, 3.05) is 0 Å². The topological polar surface area (TPSA) is 88.9 Å². The Balaban J connectivity index is 2.04. The fourth-order valence-corrected chi connectivity index (χ4v) is 1.66. The van der Waals surface area contributed by atoms with Crippen LogP contribution in [0.5, 0.6) is 11.7 Å². The van der Waals surface area contributed by atoms with Crippen molar-refractivity contribution in [1.29, 1.82) is 0 Å². The molecule has 0 aliphatic carbocycles. The van der Waals surface area contributed by atoms with Crippen LogP contribution in [-0.2, 0) is 0 Å². The van der Waals surface area contributed by atoms with Crippen molar-refractivity contribution >= 4 is 12.1 Å². The van der Waals surface area contributed by atoms with Crippen molar-refractivity contribution < 1.29 is 27.9 Å². The van der Waals surface area contributed by atoms with Gasteiger partial charge in [0.1, 0.15) is 11.6 Å². The smallest absolute Gasteiger partial charge is 0.339 e. The number of furan rings is 1. The number of halogens is 2. The summed E-state index contributed by atoms with van der Waals surface area (Å²) in [6, 6.07) is 4.21. The largest absolute Gasteiger partial charge is 0.426 e. The minimum Gasteiger partial charge on any atom is -0.426 e. The van der Waals surface area contributed by atoms with Gasteiger partial charge < -0.3 is 14.9 Å². The highest BCUT2D eigenvalue weighted by atomic mass is 19.1. The van der Waals surface area contributed by atoms with Gasteiger partial charge in [0.25, 0.3) is 5.95 Å². The number of rotatable bonds is 5. The Labute approximate surface area is 130 Å². The van der Waals surface area contributed by atoms with Crippen molar-refractivity contribution in [1.82, 2.24) is 5.06 Å². The van der Waals surface area contributed by atoms with Gasteiger partial charge in [-0.1, -0.05) is 6.08 Å². The van der Waals surface area contributed by atoms with E-state index in [1.807, 2.05) is 0 Å². The molecule has 0 spiro atoms. The number of nitrogens with two attached hydrogens (primary N) is 1. The molecule has 1 unspecified atom stereocenters. The van der Waals surface area contributed by atoms with Gasteiger partial charge in [0.15, 0.2) is 11.6 Å². The monoisotopic (exact) mass is 324 g/mol. The number of urea groups is 1. The molecule has 0 aliphatic rings. The van der Waals surface area contributed by atoms with Crippen molar-refractivity contribution in [3.63, 3.8) is 0 Å². The van der Waals surface area contributed by atoms with Crippen molar-refractivity contribution in [3.8, 4) is 11.7 Å². The Kier molecular flexibility index (Phi) is 4.97. The maximum atomic E-state index is 13.5. The van der Waals surface area contributed by atoms with Gasteiger partial charge in [0.05, 0.1) is 6.04 Å². The first kappa shape index (κ1) is 16.5. The molecule has 0 fully saturated rings. The zero-order valence-electron chi connectivity index (χ0n) is 12.1. The van der Waals surface area contributed by atoms with Crippen LogP contribution in [0.2, 0.25) is 0 Å². The summed E-state index contributed by atoms with van der Waals surface area (Å²) >= 11 is 0. The number of hydrogen-bond donors (Lipinski definition) is 2. The van der Waals surface area contributed by atoms with E-state index in [2.05, 4.69) is 0 Å². The molecule has 1 atom stereocenters. The summed E-state index contributed by atoms with van der Waals surface area (Å²) in [6.45, 7) is 1.54. The van der Waals surface area contributed by atoms with Crippen LogP contribution in [0.1, 0.15) is 12.7 Å². The molecule has 2 rings (SSSR count). The van der Waals surface area contributed by atoms with Gasteiger partial charge in [0, 0.05) is 12.1 Å². The van der Waals surface area contributed by atoms with Gasteiger partial charge in [-0.05, 0) is 31.2 Å². The van der Waals surface area contributed by atoms with Crippen molar-refractivity contribution in [2.45, 2.75) is 13.0 Å². The van der Waals surface area contributed by atoms with Crippen LogP contribution < -0.4 is 10.5 Å². The third-order valence-corrected chi connectivity index (χ3v) is 2.86. The first-order valence-electron chi connectivity index (χ1n) is 6.55. The number of carbonyl (C=O) groups excluding carboxylic acids is 1. The molecular formula is C15H14F2N2O4. The van der Waals surface area contributed by atoms with Crippen LogP contribution in [0.25, 0.3) is 6.08 Å². The molecule has 0 saturated heterocycles. The summed E-state index contributed by atoms with van der Waals surface area (Å²) < 4.78 is 36.7.